The van der Waals surface area contributed by atoms with Gasteiger partial charge in [-0.3, -0.25) is 0 Å². The van der Waals surface area contributed by atoms with Gasteiger partial charge in [-0.25, -0.2) is 4.98 Å². The third kappa shape index (κ3) is 2.86. The van der Waals surface area contributed by atoms with E-state index >= 15 is 0 Å². The van der Waals surface area contributed by atoms with E-state index in [1.807, 2.05) is 30.1 Å². The monoisotopic (exact) mass is 322 g/mol. The van der Waals surface area contributed by atoms with Crippen LogP contribution in [0.1, 0.15) is 23.1 Å². The molecule has 1 aliphatic heterocycles. The molecule has 2 aromatic heterocycles. The van der Waals surface area contributed by atoms with Gasteiger partial charge in [0.1, 0.15) is 11.4 Å². The van der Waals surface area contributed by atoms with E-state index in [-0.39, 0.29) is 0 Å². The molecule has 4 heteroatoms. The number of nitrogens with zero attached hydrogens (tertiary/aromatic N) is 1. The second kappa shape index (κ2) is 6.13. The highest BCUT2D eigenvalue weighted by atomic mass is 32.2. The lowest BCUT2D eigenvalue weighted by atomic mass is 10.0. The van der Waals surface area contributed by atoms with Crippen LogP contribution in [0.4, 0.5) is 0 Å². The Morgan fingerprint density at radius 2 is 2.26 bits per heavy atom. The number of H-pyrrole nitrogens is 1. The van der Waals surface area contributed by atoms with Gasteiger partial charge < -0.3 is 9.72 Å². The summed E-state index contributed by atoms with van der Waals surface area (Å²) in [6, 6.07) is 10.5. The van der Waals surface area contributed by atoms with E-state index in [4.69, 9.17) is 4.74 Å². The van der Waals surface area contributed by atoms with E-state index in [9.17, 15) is 0 Å². The van der Waals surface area contributed by atoms with E-state index in [1.165, 1.54) is 33.4 Å². The molecule has 23 heavy (non-hydrogen) atoms. The Balaban J connectivity index is 1.70. The molecule has 3 aromatic rings. The fourth-order valence-corrected chi connectivity index (χ4v) is 3.89. The van der Waals surface area contributed by atoms with Crippen LogP contribution in [0.15, 0.2) is 48.1 Å². The Bertz CT molecular complexity index is 882. The van der Waals surface area contributed by atoms with Gasteiger partial charge in [0.15, 0.2) is 0 Å². The van der Waals surface area contributed by atoms with Crippen molar-refractivity contribution in [3.8, 4) is 5.75 Å². The number of hydrogen-bond acceptors (Lipinski definition) is 3. The summed E-state index contributed by atoms with van der Waals surface area (Å²) in [5.41, 5.74) is 6.12. The summed E-state index contributed by atoms with van der Waals surface area (Å²) >= 11 is 1.88. The molecule has 0 saturated carbocycles. The number of rotatable bonds is 4. The number of pyridine rings is 1. The van der Waals surface area contributed by atoms with Crippen LogP contribution >= 0.6 is 11.8 Å². The number of thioether (sulfide) groups is 1. The van der Waals surface area contributed by atoms with E-state index in [1.54, 1.807) is 7.11 Å². The Labute approximate surface area is 139 Å². The molecular weight excluding hydrogens is 304 g/mol. The molecule has 116 valence electrons. The fourth-order valence-electron chi connectivity index (χ4n) is 2.98. The molecule has 0 aliphatic carbocycles. The molecule has 4 rings (SSSR count). The highest BCUT2D eigenvalue weighted by Crippen LogP contribution is 2.32. The van der Waals surface area contributed by atoms with Crippen molar-refractivity contribution in [3.05, 3.63) is 64.8 Å². The average Bonchev–Trinajstić information content (AvgIpc) is 3.25. The zero-order valence-corrected chi connectivity index (χ0v) is 13.8. The van der Waals surface area contributed by atoms with Gasteiger partial charge in [0.25, 0.3) is 0 Å². The number of allylic oxidation sites excluding steroid dienone is 1. The fraction of sp³-hybridized carbons (Fsp3) is 0.211. The molecule has 0 radical (unpaired) electrons. The molecule has 0 bridgehead atoms. The maximum absolute atomic E-state index is 5.32. The van der Waals surface area contributed by atoms with Gasteiger partial charge in [-0.1, -0.05) is 12.1 Å². The van der Waals surface area contributed by atoms with E-state index in [0.717, 1.165) is 24.2 Å². The Morgan fingerprint density at radius 1 is 1.30 bits per heavy atom. The van der Waals surface area contributed by atoms with Gasteiger partial charge >= 0.3 is 0 Å². The van der Waals surface area contributed by atoms with Crippen LogP contribution in [0, 0.1) is 0 Å². The van der Waals surface area contributed by atoms with Gasteiger partial charge in [0.05, 0.1) is 7.11 Å². The molecule has 0 unspecified atom stereocenters. The highest BCUT2D eigenvalue weighted by Gasteiger charge is 2.12. The first-order chi connectivity index (χ1) is 11.3. The molecule has 1 aromatic carbocycles. The van der Waals surface area contributed by atoms with E-state index in [2.05, 4.69) is 39.8 Å². The number of benzene rings is 1. The molecule has 0 spiro atoms. The summed E-state index contributed by atoms with van der Waals surface area (Å²) in [5.74, 6) is 2.08. The summed E-state index contributed by atoms with van der Waals surface area (Å²) in [5, 5.41) is 3.47. The standard InChI is InChI=1S/C19H18N2OS/c1-22-17-4-2-3-13(8-17)7-16-11-21-19-18(16)9-15(10-20-19)14-5-6-23-12-14/h2-4,8-12H,5-7H2,1H3,(H,20,21). The maximum Gasteiger partial charge on any atom is 0.137 e. The molecule has 0 atom stereocenters. The molecular formula is C19H18N2OS. The van der Waals surface area contributed by atoms with Crippen molar-refractivity contribution in [1.29, 1.82) is 0 Å². The Kier molecular flexibility index (Phi) is 3.83. The SMILES string of the molecule is COc1cccc(Cc2c[nH]c3ncc(C4=CSCC4)cc23)c1. The minimum absolute atomic E-state index is 0.871. The molecule has 3 heterocycles. The van der Waals surface area contributed by atoms with Crippen LogP contribution in [-0.4, -0.2) is 22.8 Å². The minimum Gasteiger partial charge on any atom is -0.497 e. The summed E-state index contributed by atoms with van der Waals surface area (Å²) < 4.78 is 5.32. The number of aromatic amines is 1. The lowest BCUT2D eigenvalue weighted by Crippen LogP contribution is -1.90. The minimum atomic E-state index is 0.871. The van der Waals surface area contributed by atoms with Crippen molar-refractivity contribution < 1.29 is 4.74 Å². The Morgan fingerprint density at radius 3 is 3.09 bits per heavy atom. The summed E-state index contributed by atoms with van der Waals surface area (Å²) in [6.45, 7) is 0. The van der Waals surface area contributed by atoms with Crippen molar-refractivity contribution in [2.45, 2.75) is 12.8 Å². The van der Waals surface area contributed by atoms with Crippen LogP contribution in [0.5, 0.6) is 5.75 Å². The average molecular weight is 322 g/mol. The third-order valence-corrected chi connectivity index (χ3v) is 5.12. The molecule has 0 fully saturated rings. The van der Waals surface area contributed by atoms with Crippen molar-refractivity contribution >= 4 is 28.4 Å². The number of nitrogens with one attached hydrogen (secondary N) is 1. The van der Waals surface area contributed by atoms with Crippen molar-refractivity contribution in [3.63, 3.8) is 0 Å². The van der Waals surface area contributed by atoms with Gasteiger partial charge in [-0.05, 0) is 58.7 Å². The lowest BCUT2D eigenvalue weighted by Gasteiger charge is -2.05. The normalized spacial score (nSPS) is 14.2. The first-order valence-electron chi connectivity index (χ1n) is 7.73. The van der Waals surface area contributed by atoms with Gasteiger partial charge in [-0.2, -0.15) is 0 Å². The van der Waals surface area contributed by atoms with Gasteiger partial charge in [0.2, 0.25) is 0 Å². The topological polar surface area (TPSA) is 37.9 Å². The number of aromatic nitrogens is 2. The zero-order chi connectivity index (χ0) is 15.6. The number of fused-ring (bicyclic) bond motifs is 1. The predicted octanol–water partition coefficient (Wildman–Crippen LogP) is 4.64. The predicted molar refractivity (Wildman–Crippen MR) is 96.9 cm³/mol. The smallest absolute Gasteiger partial charge is 0.137 e. The van der Waals surface area contributed by atoms with Crippen molar-refractivity contribution in [2.24, 2.45) is 0 Å². The zero-order valence-electron chi connectivity index (χ0n) is 13.0. The van der Waals surface area contributed by atoms with Crippen LogP contribution in [0.2, 0.25) is 0 Å². The first-order valence-corrected chi connectivity index (χ1v) is 8.78. The van der Waals surface area contributed by atoms with Gasteiger partial charge in [0, 0.05) is 23.5 Å². The van der Waals surface area contributed by atoms with Crippen LogP contribution in [0.3, 0.4) is 0 Å². The highest BCUT2D eigenvalue weighted by molar-refractivity contribution is 8.02. The molecule has 1 aliphatic rings. The number of hydrogen-bond donors (Lipinski definition) is 1. The molecule has 0 saturated heterocycles. The maximum atomic E-state index is 5.32. The van der Waals surface area contributed by atoms with Crippen molar-refractivity contribution in [2.75, 3.05) is 12.9 Å². The van der Waals surface area contributed by atoms with Crippen molar-refractivity contribution in [1.82, 2.24) is 9.97 Å². The molecule has 1 N–H and O–H groups in total. The first kappa shape index (κ1) is 14.4. The summed E-state index contributed by atoms with van der Waals surface area (Å²) in [7, 11) is 1.70. The molecule has 3 nitrogen and oxygen atoms in total. The summed E-state index contributed by atoms with van der Waals surface area (Å²) in [6.07, 6.45) is 6.05. The van der Waals surface area contributed by atoms with E-state index < -0.39 is 0 Å². The lowest BCUT2D eigenvalue weighted by molar-refractivity contribution is 0.414. The second-order valence-electron chi connectivity index (χ2n) is 5.73. The number of ether oxygens (including phenoxy) is 1. The quantitative estimate of drug-likeness (QED) is 0.760. The third-order valence-electron chi connectivity index (χ3n) is 4.23. The van der Waals surface area contributed by atoms with E-state index in [0.29, 0.717) is 0 Å². The largest absolute Gasteiger partial charge is 0.497 e. The Hall–Kier alpha value is -2.20. The second-order valence-corrected chi connectivity index (χ2v) is 6.70. The number of methoxy groups -OCH3 is 1. The van der Waals surface area contributed by atoms with Crippen LogP contribution < -0.4 is 4.74 Å². The van der Waals surface area contributed by atoms with Crippen LogP contribution in [0.25, 0.3) is 16.6 Å². The van der Waals surface area contributed by atoms with Crippen LogP contribution in [-0.2, 0) is 6.42 Å². The molecule has 0 amide bonds. The van der Waals surface area contributed by atoms with Gasteiger partial charge in [-0.15, -0.1) is 11.8 Å². The summed E-state index contributed by atoms with van der Waals surface area (Å²) in [4.78, 5) is 7.88.